The fourth-order valence-corrected chi connectivity index (χ4v) is 11.9. The molecule has 276 valence electrons. The van der Waals surface area contributed by atoms with Crippen molar-refractivity contribution in [2.75, 3.05) is 6.61 Å². The molecule has 3 saturated carbocycles. The smallest absolute Gasteiger partial charge is 0.443 e. The topological polar surface area (TPSA) is 81.7 Å². The third-order valence-electron chi connectivity index (χ3n) is 12.9. The number of carbonyl (C=O) groups excluding carboxylic acids is 1. The molecule has 4 aliphatic carbocycles. The number of alkyl halides is 3. The number of fused-ring (bicyclic) bond motifs is 5. The van der Waals surface area contributed by atoms with Gasteiger partial charge in [-0.25, -0.2) is 13.2 Å². The second-order valence-corrected chi connectivity index (χ2v) is 18.2. The molecule has 49 heavy (non-hydrogen) atoms. The number of aryl methyl sites for hydroxylation is 1. The van der Waals surface area contributed by atoms with Crippen LogP contribution in [0.25, 0.3) is 0 Å². The lowest BCUT2D eigenvalue weighted by Crippen LogP contribution is -2.67. The molecule has 0 bridgehead atoms. The van der Waals surface area contributed by atoms with Crippen molar-refractivity contribution in [1.29, 1.82) is 0 Å². The molecule has 3 fully saturated rings. The van der Waals surface area contributed by atoms with E-state index in [0.29, 0.717) is 29.1 Å². The molecule has 0 aromatic heterocycles. The number of hydrogen-bond donors (Lipinski definition) is 1. The van der Waals surface area contributed by atoms with E-state index < -0.39 is 38.9 Å². The number of benzene rings is 1. The molecule has 0 spiro atoms. The van der Waals surface area contributed by atoms with Crippen molar-refractivity contribution in [3.63, 3.8) is 0 Å². The standard InChI is InChI=1S/C39H58F3NO5S/c1-8-47-36(44)38(39(40,41)42,43-49(45,46)30-15-12-25(4)13-16-30)48-29-22-27(6)35-28(23-29)14-17-31-32(35)20-21-37(7)33(18-19-34(31)37)26(5)11-9-10-24(2)3/h12-16,24,26-27,29,31-35,43H,8-11,17-23H2,1-7H3/t26-,27+,29+,31-,32+,33+,34-,35-,37-,38+/m1/s1. The largest absolute Gasteiger partial charge is 0.463 e. The molecule has 0 amide bonds. The Balaban J connectivity index is 1.37. The molecule has 0 heterocycles. The van der Waals surface area contributed by atoms with E-state index in [4.69, 9.17) is 9.47 Å². The van der Waals surface area contributed by atoms with E-state index in [-0.39, 0.29) is 31.3 Å². The number of hydrogen-bond acceptors (Lipinski definition) is 5. The molecule has 1 N–H and O–H groups in total. The van der Waals surface area contributed by atoms with Crippen molar-refractivity contribution in [3.05, 3.63) is 41.5 Å². The minimum atomic E-state index is -5.43. The Labute approximate surface area is 292 Å². The molecule has 0 saturated heterocycles. The average Bonchev–Trinajstić information content (AvgIpc) is 3.37. The SMILES string of the molecule is CCOC(=O)[C@](NS(=O)(=O)c1ccc(C)cc1)(O[C@@H]1CC2=CC[C@@H]3[C@H](CC[C@@]4(C)[C@@H]3CC[C@H]4[C@H](C)CCCC(C)C)[C@@H]2[C@@H](C)C1)C(F)(F)F. The van der Waals surface area contributed by atoms with Crippen LogP contribution in [-0.4, -0.2) is 39.0 Å². The van der Waals surface area contributed by atoms with E-state index in [2.05, 4.69) is 40.7 Å². The zero-order valence-corrected chi connectivity index (χ0v) is 31.3. The molecular formula is C39H58F3NO5S. The van der Waals surface area contributed by atoms with Gasteiger partial charge in [0.1, 0.15) is 0 Å². The van der Waals surface area contributed by atoms with Gasteiger partial charge in [0.25, 0.3) is 0 Å². The third-order valence-corrected chi connectivity index (χ3v) is 14.3. The van der Waals surface area contributed by atoms with Crippen molar-refractivity contribution >= 4 is 16.0 Å². The zero-order valence-electron chi connectivity index (χ0n) is 30.4. The van der Waals surface area contributed by atoms with Gasteiger partial charge in [-0.15, -0.1) is 0 Å². The summed E-state index contributed by atoms with van der Waals surface area (Å²) in [5.41, 5.74) is -1.74. The molecule has 10 heteroatoms. The van der Waals surface area contributed by atoms with Crippen molar-refractivity contribution < 1.29 is 35.9 Å². The molecule has 0 radical (unpaired) electrons. The first-order valence-electron chi connectivity index (χ1n) is 18.6. The van der Waals surface area contributed by atoms with Gasteiger partial charge in [0.05, 0.1) is 17.6 Å². The van der Waals surface area contributed by atoms with E-state index in [1.165, 1.54) is 69.7 Å². The van der Waals surface area contributed by atoms with Gasteiger partial charge in [-0.3, -0.25) is 0 Å². The number of nitrogens with one attached hydrogen (secondary N) is 1. The number of esters is 1. The van der Waals surface area contributed by atoms with Gasteiger partial charge in [0.2, 0.25) is 10.0 Å². The Kier molecular flexibility index (Phi) is 11.4. The fraction of sp³-hybridized carbons (Fsp3) is 0.769. The van der Waals surface area contributed by atoms with E-state index in [1.807, 2.05) is 0 Å². The van der Waals surface area contributed by atoms with Crippen LogP contribution in [0.2, 0.25) is 0 Å². The van der Waals surface area contributed by atoms with Crippen molar-refractivity contribution in [2.24, 2.45) is 52.8 Å². The summed E-state index contributed by atoms with van der Waals surface area (Å²) >= 11 is 0. The second-order valence-electron chi connectivity index (χ2n) is 16.5. The molecule has 1 aromatic rings. The summed E-state index contributed by atoms with van der Waals surface area (Å²) in [6, 6.07) is 5.37. The minimum absolute atomic E-state index is 0.0103. The van der Waals surface area contributed by atoms with E-state index in [1.54, 1.807) is 11.6 Å². The van der Waals surface area contributed by atoms with Crippen molar-refractivity contribution in [2.45, 2.75) is 136 Å². The summed E-state index contributed by atoms with van der Waals surface area (Å²) in [6.07, 6.45) is 5.91. The maximum atomic E-state index is 15.1. The lowest BCUT2D eigenvalue weighted by Gasteiger charge is -2.56. The van der Waals surface area contributed by atoms with Crippen LogP contribution in [0.3, 0.4) is 0 Å². The van der Waals surface area contributed by atoms with E-state index >= 15 is 13.2 Å². The molecule has 4 aliphatic rings. The first-order chi connectivity index (χ1) is 22.9. The van der Waals surface area contributed by atoms with Gasteiger partial charge in [-0.1, -0.05) is 83.2 Å². The van der Waals surface area contributed by atoms with Gasteiger partial charge in [0, 0.05) is 0 Å². The van der Waals surface area contributed by atoms with Crippen LogP contribution in [0.4, 0.5) is 13.2 Å². The molecule has 5 rings (SSSR count). The average molecular weight is 710 g/mol. The summed E-state index contributed by atoms with van der Waals surface area (Å²) in [5, 5.41) is 0. The van der Waals surface area contributed by atoms with Crippen LogP contribution in [0.5, 0.6) is 0 Å². The van der Waals surface area contributed by atoms with Gasteiger partial charge in [-0.05, 0) is 124 Å². The van der Waals surface area contributed by atoms with Crippen LogP contribution < -0.4 is 4.72 Å². The van der Waals surface area contributed by atoms with E-state index in [0.717, 1.165) is 35.8 Å². The highest BCUT2D eigenvalue weighted by Gasteiger charge is 2.67. The predicted octanol–water partition coefficient (Wildman–Crippen LogP) is 9.38. The minimum Gasteiger partial charge on any atom is -0.463 e. The first-order valence-corrected chi connectivity index (χ1v) is 20.1. The Morgan fingerprint density at radius 1 is 1.06 bits per heavy atom. The molecule has 0 unspecified atom stereocenters. The van der Waals surface area contributed by atoms with Crippen LogP contribution in [0.15, 0.2) is 40.8 Å². The molecular weight excluding hydrogens is 651 g/mol. The zero-order chi connectivity index (χ0) is 35.9. The maximum Gasteiger partial charge on any atom is 0.443 e. The van der Waals surface area contributed by atoms with Gasteiger partial charge < -0.3 is 9.47 Å². The van der Waals surface area contributed by atoms with Gasteiger partial charge in [0.15, 0.2) is 0 Å². The van der Waals surface area contributed by atoms with Crippen molar-refractivity contribution in [3.8, 4) is 0 Å². The Bertz CT molecular complexity index is 1460. The highest BCUT2D eigenvalue weighted by molar-refractivity contribution is 7.89. The number of halogens is 3. The summed E-state index contributed by atoms with van der Waals surface area (Å²) in [4.78, 5) is 12.8. The normalized spacial score (nSPS) is 33.5. The molecule has 0 aliphatic heterocycles. The van der Waals surface area contributed by atoms with Crippen LogP contribution >= 0.6 is 0 Å². The molecule has 6 nitrogen and oxygen atoms in total. The monoisotopic (exact) mass is 709 g/mol. The quantitative estimate of drug-likeness (QED) is 0.133. The number of sulfonamides is 1. The number of ether oxygens (including phenoxy) is 2. The lowest BCUT2D eigenvalue weighted by atomic mass is 9.50. The number of carbonyl (C=O) groups is 1. The number of rotatable bonds is 12. The maximum absolute atomic E-state index is 15.1. The number of allylic oxidation sites excluding steroid dienone is 1. The molecule has 10 atom stereocenters. The highest BCUT2D eigenvalue weighted by atomic mass is 32.2. The van der Waals surface area contributed by atoms with E-state index in [9.17, 15) is 13.2 Å². The highest BCUT2D eigenvalue weighted by Crippen LogP contribution is 2.65. The summed E-state index contributed by atoms with van der Waals surface area (Å²) in [6.45, 7) is 14.4. The van der Waals surface area contributed by atoms with Gasteiger partial charge >= 0.3 is 17.9 Å². The van der Waals surface area contributed by atoms with Gasteiger partial charge in [-0.2, -0.15) is 17.9 Å². The predicted molar refractivity (Wildman–Crippen MR) is 185 cm³/mol. The van der Waals surface area contributed by atoms with Crippen LogP contribution in [-0.2, 0) is 24.3 Å². The summed E-state index contributed by atoms with van der Waals surface area (Å²) in [5.74, 6) is 2.32. The first kappa shape index (κ1) is 38.3. The Morgan fingerprint density at radius 3 is 2.39 bits per heavy atom. The third kappa shape index (κ3) is 7.53. The lowest BCUT2D eigenvalue weighted by molar-refractivity contribution is -0.295. The summed E-state index contributed by atoms with van der Waals surface area (Å²) < 4.78 is 84.1. The Morgan fingerprint density at radius 2 is 1.76 bits per heavy atom. The second kappa shape index (κ2) is 14.6. The van der Waals surface area contributed by atoms with Crippen molar-refractivity contribution in [1.82, 2.24) is 4.72 Å². The Hall–Kier alpha value is -1.91. The fourth-order valence-electron chi connectivity index (χ4n) is 10.6. The summed E-state index contributed by atoms with van der Waals surface area (Å²) in [7, 11) is -4.83. The van der Waals surface area contributed by atoms with Crippen LogP contribution in [0.1, 0.15) is 111 Å². The van der Waals surface area contributed by atoms with Crippen LogP contribution in [0, 0.1) is 59.7 Å². The molecule has 1 aromatic carbocycles.